The molecule has 0 aromatic heterocycles. The molecule has 1 unspecified atom stereocenters. The third kappa shape index (κ3) is 2.96. The minimum atomic E-state index is 0.496. The highest BCUT2D eigenvalue weighted by molar-refractivity contribution is 5.54. The quantitative estimate of drug-likeness (QED) is 0.820. The minimum absolute atomic E-state index is 0.496. The fraction of sp³-hybridized carbons (Fsp3) is 0.538. The van der Waals surface area contributed by atoms with Crippen LogP contribution in [-0.4, -0.2) is 19.6 Å². The fourth-order valence-electron chi connectivity index (χ4n) is 1.77. The largest absolute Gasteiger partial charge is 0.372 e. The van der Waals surface area contributed by atoms with E-state index in [1.165, 1.54) is 16.8 Å². The molecule has 0 heterocycles. The van der Waals surface area contributed by atoms with E-state index in [1.54, 1.807) is 0 Å². The van der Waals surface area contributed by atoms with Crippen LogP contribution in [0.3, 0.4) is 0 Å². The minimum Gasteiger partial charge on any atom is -0.372 e. The van der Waals surface area contributed by atoms with Gasteiger partial charge in [-0.25, -0.2) is 0 Å². The molecule has 2 heteroatoms. The summed E-state index contributed by atoms with van der Waals surface area (Å²) in [6.45, 7) is 7.25. The maximum atomic E-state index is 5.59. The average Bonchev–Trinajstić information content (AvgIpc) is 2.21. The van der Waals surface area contributed by atoms with Crippen molar-refractivity contribution in [1.29, 1.82) is 0 Å². The van der Waals surface area contributed by atoms with Gasteiger partial charge in [0.15, 0.2) is 0 Å². The van der Waals surface area contributed by atoms with Crippen molar-refractivity contribution in [2.75, 3.05) is 18.5 Å². The number of anilines is 1. The topological polar surface area (TPSA) is 29.3 Å². The van der Waals surface area contributed by atoms with Crippen LogP contribution in [0.5, 0.6) is 0 Å². The first kappa shape index (κ1) is 12.1. The van der Waals surface area contributed by atoms with E-state index in [4.69, 9.17) is 5.73 Å². The Labute approximate surface area is 93.1 Å². The number of rotatable bonds is 4. The van der Waals surface area contributed by atoms with Crippen LogP contribution in [0.15, 0.2) is 18.2 Å². The standard InChI is InChI=1S/C13H22N2/c1-10-5-6-11(2)13(9-10)15(4)12(3)7-8-14/h5-6,9,12H,7-8,14H2,1-4H3. The second-order valence-corrected chi connectivity index (χ2v) is 4.33. The zero-order valence-corrected chi connectivity index (χ0v) is 10.2. The van der Waals surface area contributed by atoms with Gasteiger partial charge in [-0.2, -0.15) is 0 Å². The molecular formula is C13H22N2. The second kappa shape index (κ2) is 5.17. The number of hydrogen-bond donors (Lipinski definition) is 1. The van der Waals surface area contributed by atoms with Crippen molar-refractivity contribution in [3.05, 3.63) is 29.3 Å². The number of nitrogens with zero attached hydrogens (tertiary/aromatic N) is 1. The van der Waals surface area contributed by atoms with Gasteiger partial charge in [0.2, 0.25) is 0 Å². The van der Waals surface area contributed by atoms with Gasteiger partial charge in [-0.05, 0) is 50.9 Å². The maximum absolute atomic E-state index is 5.59. The molecule has 1 aromatic carbocycles. The maximum Gasteiger partial charge on any atom is 0.0398 e. The first-order valence-electron chi connectivity index (χ1n) is 5.56. The van der Waals surface area contributed by atoms with Gasteiger partial charge in [-0.15, -0.1) is 0 Å². The lowest BCUT2D eigenvalue weighted by Crippen LogP contribution is -2.31. The number of benzene rings is 1. The van der Waals surface area contributed by atoms with Crippen LogP contribution in [0, 0.1) is 13.8 Å². The van der Waals surface area contributed by atoms with Gasteiger partial charge >= 0.3 is 0 Å². The van der Waals surface area contributed by atoms with E-state index in [0.29, 0.717) is 6.04 Å². The molecule has 0 aliphatic heterocycles. The van der Waals surface area contributed by atoms with Crippen molar-refractivity contribution in [2.45, 2.75) is 33.2 Å². The summed E-state index contributed by atoms with van der Waals surface area (Å²) in [5.41, 5.74) is 9.54. The summed E-state index contributed by atoms with van der Waals surface area (Å²) in [6, 6.07) is 7.06. The summed E-state index contributed by atoms with van der Waals surface area (Å²) in [5.74, 6) is 0. The molecule has 0 saturated heterocycles. The molecule has 0 fully saturated rings. The van der Waals surface area contributed by atoms with E-state index in [-0.39, 0.29) is 0 Å². The summed E-state index contributed by atoms with van der Waals surface area (Å²) in [4.78, 5) is 2.31. The highest BCUT2D eigenvalue weighted by atomic mass is 15.1. The van der Waals surface area contributed by atoms with Crippen LogP contribution in [0.4, 0.5) is 5.69 Å². The molecule has 2 nitrogen and oxygen atoms in total. The summed E-state index contributed by atoms with van der Waals surface area (Å²) >= 11 is 0. The van der Waals surface area contributed by atoms with Gasteiger partial charge in [-0.1, -0.05) is 12.1 Å². The van der Waals surface area contributed by atoms with Crippen LogP contribution >= 0.6 is 0 Å². The average molecular weight is 206 g/mol. The lowest BCUT2D eigenvalue weighted by Gasteiger charge is -2.28. The molecule has 0 aliphatic carbocycles. The van der Waals surface area contributed by atoms with Crippen LogP contribution in [0.1, 0.15) is 24.5 Å². The van der Waals surface area contributed by atoms with Gasteiger partial charge in [0.1, 0.15) is 0 Å². The lowest BCUT2D eigenvalue weighted by molar-refractivity contribution is 0.634. The molecule has 0 aliphatic rings. The van der Waals surface area contributed by atoms with Crippen molar-refractivity contribution in [1.82, 2.24) is 0 Å². The van der Waals surface area contributed by atoms with Crippen molar-refractivity contribution >= 4 is 5.69 Å². The molecule has 0 bridgehead atoms. The number of nitrogens with two attached hydrogens (primary N) is 1. The molecule has 0 radical (unpaired) electrons. The molecule has 2 N–H and O–H groups in total. The van der Waals surface area contributed by atoms with Gasteiger partial charge in [-0.3, -0.25) is 0 Å². The van der Waals surface area contributed by atoms with Gasteiger partial charge in [0.25, 0.3) is 0 Å². The predicted octanol–water partition coefficient (Wildman–Crippen LogP) is 2.48. The third-order valence-corrected chi connectivity index (χ3v) is 2.99. The zero-order chi connectivity index (χ0) is 11.4. The lowest BCUT2D eigenvalue weighted by atomic mass is 10.1. The van der Waals surface area contributed by atoms with E-state index in [2.05, 4.69) is 50.9 Å². The predicted molar refractivity (Wildman–Crippen MR) is 67.5 cm³/mol. The van der Waals surface area contributed by atoms with Crippen LogP contribution < -0.4 is 10.6 Å². The summed E-state index contributed by atoms with van der Waals surface area (Å²) < 4.78 is 0. The van der Waals surface area contributed by atoms with Crippen LogP contribution in [0.25, 0.3) is 0 Å². The Morgan fingerprint density at radius 1 is 1.33 bits per heavy atom. The molecule has 0 spiro atoms. The van der Waals surface area contributed by atoms with Crippen molar-refractivity contribution in [3.63, 3.8) is 0 Å². The normalized spacial score (nSPS) is 12.6. The molecule has 0 amide bonds. The SMILES string of the molecule is Cc1ccc(C)c(N(C)C(C)CCN)c1. The Morgan fingerprint density at radius 3 is 2.60 bits per heavy atom. The highest BCUT2D eigenvalue weighted by Crippen LogP contribution is 2.22. The van der Waals surface area contributed by atoms with Gasteiger partial charge in [0, 0.05) is 18.8 Å². The van der Waals surface area contributed by atoms with E-state index < -0.39 is 0 Å². The van der Waals surface area contributed by atoms with Crippen molar-refractivity contribution < 1.29 is 0 Å². The molecule has 0 saturated carbocycles. The summed E-state index contributed by atoms with van der Waals surface area (Å²) in [7, 11) is 2.14. The monoisotopic (exact) mass is 206 g/mol. The first-order valence-corrected chi connectivity index (χ1v) is 5.56. The fourth-order valence-corrected chi connectivity index (χ4v) is 1.77. The summed E-state index contributed by atoms with van der Waals surface area (Å²) in [6.07, 6.45) is 1.03. The first-order chi connectivity index (χ1) is 7.06. The Hall–Kier alpha value is -1.02. The second-order valence-electron chi connectivity index (χ2n) is 4.33. The van der Waals surface area contributed by atoms with E-state index in [0.717, 1.165) is 13.0 Å². The van der Waals surface area contributed by atoms with Gasteiger partial charge < -0.3 is 10.6 Å². The number of aryl methyl sites for hydroxylation is 2. The van der Waals surface area contributed by atoms with Crippen molar-refractivity contribution in [3.8, 4) is 0 Å². The molecule has 1 aromatic rings. The Balaban J connectivity index is 2.89. The molecular weight excluding hydrogens is 184 g/mol. The number of hydrogen-bond acceptors (Lipinski definition) is 2. The van der Waals surface area contributed by atoms with Crippen LogP contribution in [-0.2, 0) is 0 Å². The van der Waals surface area contributed by atoms with E-state index >= 15 is 0 Å². The Morgan fingerprint density at radius 2 is 2.00 bits per heavy atom. The Bertz CT molecular complexity index is 320. The van der Waals surface area contributed by atoms with Crippen LogP contribution in [0.2, 0.25) is 0 Å². The molecule has 15 heavy (non-hydrogen) atoms. The smallest absolute Gasteiger partial charge is 0.0398 e. The van der Waals surface area contributed by atoms with Gasteiger partial charge in [0.05, 0.1) is 0 Å². The zero-order valence-electron chi connectivity index (χ0n) is 10.2. The van der Waals surface area contributed by atoms with E-state index in [9.17, 15) is 0 Å². The van der Waals surface area contributed by atoms with Crippen molar-refractivity contribution in [2.24, 2.45) is 5.73 Å². The molecule has 84 valence electrons. The van der Waals surface area contributed by atoms with E-state index in [1.807, 2.05) is 0 Å². The Kier molecular flexibility index (Phi) is 4.15. The summed E-state index contributed by atoms with van der Waals surface area (Å²) in [5, 5.41) is 0. The molecule has 1 atom stereocenters. The molecule has 1 rings (SSSR count). The highest BCUT2D eigenvalue weighted by Gasteiger charge is 2.11. The third-order valence-electron chi connectivity index (χ3n) is 2.99.